The third kappa shape index (κ3) is 3.27. The monoisotopic (exact) mass is 380 g/mol. The van der Waals surface area contributed by atoms with Crippen LogP contribution in [-0.4, -0.2) is 35.2 Å². The molecule has 9 nitrogen and oxygen atoms in total. The van der Waals surface area contributed by atoms with Gasteiger partial charge in [-0.2, -0.15) is 20.1 Å². The number of anilines is 1. The topological polar surface area (TPSA) is 120 Å². The molecule has 1 atom stereocenters. The summed E-state index contributed by atoms with van der Waals surface area (Å²) in [6, 6.07) is 4.30. The van der Waals surface area contributed by atoms with Crippen LogP contribution >= 0.6 is 0 Å². The highest BCUT2D eigenvalue weighted by Gasteiger charge is 2.19. The number of ether oxygens (including phenoxy) is 1. The van der Waals surface area contributed by atoms with E-state index < -0.39 is 11.9 Å². The van der Waals surface area contributed by atoms with Crippen LogP contribution in [0.4, 0.5) is 10.2 Å². The zero-order valence-corrected chi connectivity index (χ0v) is 15.2. The quantitative estimate of drug-likeness (QED) is 0.546. The number of hydrogen-bond acceptors (Lipinski definition) is 7. The molecule has 4 aromatic rings. The van der Waals surface area contributed by atoms with Crippen LogP contribution < -0.4 is 10.5 Å². The molecule has 0 radical (unpaired) electrons. The Balaban J connectivity index is 1.69. The van der Waals surface area contributed by atoms with Crippen molar-refractivity contribution < 1.29 is 9.13 Å². The molecule has 3 N–H and O–H groups in total. The zero-order chi connectivity index (χ0) is 19.7. The summed E-state index contributed by atoms with van der Waals surface area (Å²) >= 11 is 0. The largest absolute Gasteiger partial charge is 0.467 e. The molecule has 142 valence electrons. The summed E-state index contributed by atoms with van der Waals surface area (Å²) in [5, 5.41) is 15.1. The Labute approximate surface area is 159 Å². The molecule has 3 heterocycles. The molecule has 0 aliphatic rings. The third-order valence-electron chi connectivity index (χ3n) is 4.22. The maximum absolute atomic E-state index is 13.9. The van der Waals surface area contributed by atoms with Crippen molar-refractivity contribution in [2.75, 3.05) is 5.73 Å². The van der Waals surface area contributed by atoms with E-state index in [2.05, 4.69) is 30.4 Å². The molecular weight excluding hydrogens is 363 g/mol. The average Bonchev–Trinajstić information content (AvgIpc) is 3.35. The summed E-state index contributed by atoms with van der Waals surface area (Å²) in [6.07, 6.45) is 5.76. The molecule has 3 aromatic heterocycles. The van der Waals surface area contributed by atoms with Crippen molar-refractivity contribution in [2.45, 2.75) is 20.0 Å². The first-order valence-electron chi connectivity index (χ1n) is 8.49. The van der Waals surface area contributed by atoms with Gasteiger partial charge in [-0.3, -0.25) is 5.10 Å². The molecule has 0 fully saturated rings. The van der Waals surface area contributed by atoms with Crippen LogP contribution in [0.2, 0.25) is 0 Å². The molecule has 0 spiro atoms. The van der Waals surface area contributed by atoms with Gasteiger partial charge in [0, 0.05) is 17.3 Å². The van der Waals surface area contributed by atoms with Gasteiger partial charge in [0.05, 0.1) is 35.7 Å². The Kier molecular flexibility index (Phi) is 4.44. The SMILES string of the molecule is Cc1n[nH]cc1-c1cnc(N)c(O[C@H](C)c2cc(F)ccc2-n2nccn2)n1. The predicted molar refractivity (Wildman–Crippen MR) is 99.1 cm³/mol. The van der Waals surface area contributed by atoms with Crippen LogP contribution in [-0.2, 0) is 0 Å². The molecule has 0 saturated carbocycles. The third-order valence-corrected chi connectivity index (χ3v) is 4.22. The summed E-state index contributed by atoms with van der Waals surface area (Å²) < 4.78 is 19.8. The van der Waals surface area contributed by atoms with Gasteiger partial charge in [0.25, 0.3) is 5.88 Å². The van der Waals surface area contributed by atoms with Crippen LogP contribution in [0.15, 0.2) is 43.0 Å². The van der Waals surface area contributed by atoms with E-state index in [-0.39, 0.29) is 11.7 Å². The second-order valence-electron chi connectivity index (χ2n) is 6.11. The van der Waals surface area contributed by atoms with E-state index in [9.17, 15) is 4.39 Å². The van der Waals surface area contributed by atoms with Crippen molar-refractivity contribution in [1.29, 1.82) is 0 Å². The number of aromatic amines is 1. The van der Waals surface area contributed by atoms with Crippen molar-refractivity contribution in [3.8, 4) is 22.8 Å². The van der Waals surface area contributed by atoms with Gasteiger partial charge in [-0.1, -0.05) is 0 Å². The summed E-state index contributed by atoms with van der Waals surface area (Å²) in [4.78, 5) is 10.0. The maximum atomic E-state index is 13.9. The van der Waals surface area contributed by atoms with Crippen molar-refractivity contribution in [3.05, 3.63) is 60.1 Å². The van der Waals surface area contributed by atoms with E-state index >= 15 is 0 Å². The molecule has 1 aromatic carbocycles. The summed E-state index contributed by atoms with van der Waals surface area (Å²) in [5.74, 6) is -0.121. The number of hydrogen-bond donors (Lipinski definition) is 2. The standard InChI is InChI=1S/C18H17FN8O/c1-10-14(8-22-26-10)15-9-21-17(20)18(25-15)28-11(2)13-7-12(19)3-4-16(13)27-23-5-6-24-27/h3-9,11H,1-2H3,(H2,20,21)(H,22,26)/t11-/m1/s1. The van der Waals surface area contributed by atoms with E-state index in [1.54, 1.807) is 37.8 Å². The zero-order valence-electron chi connectivity index (χ0n) is 15.2. The highest BCUT2D eigenvalue weighted by atomic mass is 19.1. The molecule has 0 unspecified atom stereocenters. The minimum absolute atomic E-state index is 0.131. The summed E-state index contributed by atoms with van der Waals surface area (Å²) in [6.45, 7) is 3.61. The first kappa shape index (κ1) is 17.6. The van der Waals surface area contributed by atoms with Crippen molar-refractivity contribution in [1.82, 2.24) is 35.2 Å². The molecule has 0 bridgehead atoms. The Hall–Kier alpha value is -3.82. The molecule has 0 saturated heterocycles. The Bertz CT molecular complexity index is 1110. The molecule has 0 aliphatic carbocycles. The number of aryl methyl sites for hydroxylation is 1. The van der Waals surface area contributed by atoms with Gasteiger partial charge >= 0.3 is 0 Å². The lowest BCUT2D eigenvalue weighted by Crippen LogP contribution is -2.12. The van der Waals surface area contributed by atoms with Gasteiger partial charge in [-0.15, -0.1) is 0 Å². The van der Waals surface area contributed by atoms with Crippen LogP contribution in [0.1, 0.15) is 24.3 Å². The minimum Gasteiger partial charge on any atom is -0.467 e. The number of nitrogens with zero attached hydrogens (tertiary/aromatic N) is 6. The number of rotatable bonds is 5. The van der Waals surface area contributed by atoms with E-state index in [1.807, 2.05) is 6.92 Å². The maximum Gasteiger partial charge on any atom is 0.258 e. The van der Waals surface area contributed by atoms with Crippen molar-refractivity contribution in [3.63, 3.8) is 0 Å². The van der Waals surface area contributed by atoms with Crippen LogP contribution in [0.5, 0.6) is 5.88 Å². The highest BCUT2D eigenvalue weighted by molar-refractivity contribution is 5.62. The Morgan fingerprint density at radius 2 is 2.04 bits per heavy atom. The number of aromatic nitrogens is 7. The number of benzene rings is 1. The van der Waals surface area contributed by atoms with Gasteiger partial charge in [0.1, 0.15) is 11.9 Å². The van der Waals surface area contributed by atoms with Crippen molar-refractivity contribution in [2.24, 2.45) is 0 Å². The molecule has 10 heteroatoms. The molecule has 4 rings (SSSR count). The fourth-order valence-corrected chi connectivity index (χ4v) is 2.82. The van der Waals surface area contributed by atoms with E-state index in [4.69, 9.17) is 10.5 Å². The highest BCUT2D eigenvalue weighted by Crippen LogP contribution is 2.30. The van der Waals surface area contributed by atoms with Gasteiger partial charge in [-0.05, 0) is 32.0 Å². The number of nitrogens with two attached hydrogens (primary N) is 1. The Morgan fingerprint density at radius 3 is 2.75 bits per heavy atom. The first-order chi connectivity index (χ1) is 13.5. The van der Waals surface area contributed by atoms with Crippen LogP contribution in [0.25, 0.3) is 16.9 Å². The first-order valence-corrected chi connectivity index (χ1v) is 8.49. The number of H-pyrrole nitrogens is 1. The molecule has 0 amide bonds. The lowest BCUT2D eigenvalue weighted by Gasteiger charge is -2.18. The van der Waals surface area contributed by atoms with E-state index in [0.29, 0.717) is 16.9 Å². The van der Waals surface area contributed by atoms with Gasteiger partial charge in [-0.25, -0.2) is 14.4 Å². The second-order valence-corrected chi connectivity index (χ2v) is 6.11. The summed E-state index contributed by atoms with van der Waals surface area (Å²) in [7, 11) is 0. The molecule has 0 aliphatic heterocycles. The van der Waals surface area contributed by atoms with E-state index in [0.717, 1.165) is 11.3 Å². The van der Waals surface area contributed by atoms with Gasteiger partial charge in [0.2, 0.25) is 0 Å². The van der Waals surface area contributed by atoms with E-state index in [1.165, 1.54) is 16.9 Å². The number of nitrogens with one attached hydrogen (secondary N) is 1. The van der Waals surface area contributed by atoms with Crippen LogP contribution in [0.3, 0.4) is 0 Å². The smallest absolute Gasteiger partial charge is 0.258 e. The fraction of sp³-hybridized carbons (Fsp3) is 0.167. The fourth-order valence-electron chi connectivity index (χ4n) is 2.82. The lowest BCUT2D eigenvalue weighted by atomic mass is 10.1. The van der Waals surface area contributed by atoms with Gasteiger partial charge < -0.3 is 10.5 Å². The molecular formula is C18H17FN8O. The predicted octanol–water partition coefficient (Wildman–Crippen LogP) is 2.62. The number of halogens is 1. The molecule has 28 heavy (non-hydrogen) atoms. The van der Waals surface area contributed by atoms with Crippen molar-refractivity contribution >= 4 is 5.82 Å². The lowest BCUT2D eigenvalue weighted by molar-refractivity contribution is 0.217. The second kappa shape index (κ2) is 7.06. The number of nitrogen functional groups attached to an aromatic ring is 1. The minimum atomic E-state index is -0.589. The normalized spacial score (nSPS) is 12.1. The van der Waals surface area contributed by atoms with Crippen LogP contribution in [0, 0.1) is 12.7 Å². The Morgan fingerprint density at radius 1 is 1.25 bits per heavy atom. The summed E-state index contributed by atoms with van der Waals surface area (Å²) in [5.41, 5.74) is 9.21. The average molecular weight is 380 g/mol. The van der Waals surface area contributed by atoms with Gasteiger partial charge in [0.15, 0.2) is 5.82 Å².